The lowest BCUT2D eigenvalue weighted by molar-refractivity contribution is -0.151. The molecule has 2 rings (SSSR count). The predicted octanol–water partition coefficient (Wildman–Crippen LogP) is 3.37. The molecule has 0 aromatic heterocycles. The van der Waals surface area contributed by atoms with Gasteiger partial charge in [-0.3, -0.25) is 0 Å². The number of nitrogens with one attached hydrogen (secondary N) is 1. The van der Waals surface area contributed by atoms with E-state index < -0.39 is 6.10 Å². The summed E-state index contributed by atoms with van der Waals surface area (Å²) in [5, 5.41) is 13.8. The number of β-amino-alcohol motifs (C(OH)–C–C–N with tert-alkyl or cyclic N) is 1. The highest BCUT2D eigenvalue weighted by Crippen LogP contribution is 2.34. The number of hydrogen-bond donors (Lipinski definition) is 2. The van der Waals surface area contributed by atoms with E-state index in [0.29, 0.717) is 24.6 Å². The smallest absolute Gasteiger partial charge is 0.332 e. The second-order valence-electron chi connectivity index (χ2n) is 7.76. The minimum absolute atomic E-state index is 0.0185. The lowest BCUT2D eigenvalue weighted by Crippen LogP contribution is -2.49. The molecule has 6 heteroatoms. The van der Waals surface area contributed by atoms with Crippen LogP contribution in [0.15, 0.2) is 24.3 Å². The summed E-state index contributed by atoms with van der Waals surface area (Å²) < 4.78 is 23.9. The third-order valence-corrected chi connectivity index (χ3v) is 5.42. The number of hydrogen-bond acceptors (Lipinski definition) is 5. The third kappa shape index (κ3) is 6.87. The number of halogens is 1. The number of benzene rings is 1. The Bertz CT molecular complexity index is 600. The van der Waals surface area contributed by atoms with Crippen molar-refractivity contribution in [2.24, 2.45) is 5.92 Å². The molecule has 0 amide bonds. The van der Waals surface area contributed by atoms with E-state index in [0.717, 1.165) is 25.7 Å². The molecule has 1 aliphatic carbocycles. The van der Waals surface area contributed by atoms with E-state index in [2.05, 4.69) is 19.2 Å². The molecule has 0 bridgehead atoms. The molecule has 0 radical (unpaired) electrons. The first-order chi connectivity index (χ1) is 12.8. The maximum absolute atomic E-state index is 13.3. The van der Waals surface area contributed by atoms with Crippen LogP contribution in [0.2, 0.25) is 0 Å². The average molecular weight is 381 g/mol. The van der Waals surface area contributed by atoms with Gasteiger partial charge in [0.05, 0.1) is 18.8 Å². The maximum Gasteiger partial charge on any atom is 0.332 e. The second-order valence-corrected chi connectivity index (χ2v) is 7.76. The van der Waals surface area contributed by atoms with Gasteiger partial charge in [0.15, 0.2) is 0 Å². The average Bonchev–Trinajstić information content (AvgIpc) is 2.65. The van der Waals surface area contributed by atoms with Gasteiger partial charge in [-0.2, -0.15) is 0 Å². The monoisotopic (exact) mass is 381 g/mol. The van der Waals surface area contributed by atoms with E-state index in [1.54, 1.807) is 19.1 Å². The van der Waals surface area contributed by atoms with E-state index in [-0.39, 0.29) is 30.0 Å². The van der Waals surface area contributed by atoms with Gasteiger partial charge in [-0.15, -0.1) is 0 Å². The zero-order chi connectivity index (χ0) is 19.9. The Morgan fingerprint density at radius 3 is 2.67 bits per heavy atom. The van der Waals surface area contributed by atoms with Crippen LogP contribution in [0.1, 0.15) is 58.1 Å². The van der Waals surface area contributed by atoms with Gasteiger partial charge in [0.1, 0.15) is 12.4 Å². The Balaban J connectivity index is 1.76. The summed E-state index contributed by atoms with van der Waals surface area (Å²) >= 11 is 0. The summed E-state index contributed by atoms with van der Waals surface area (Å²) in [4.78, 5) is 11.4. The molecule has 2 N–H and O–H groups in total. The van der Waals surface area contributed by atoms with E-state index in [1.165, 1.54) is 12.1 Å². The van der Waals surface area contributed by atoms with Gasteiger partial charge >= 0.3 is 5.97 Å². The van der Waals surface area contributed by atoms with Crippen LogP contribution in [0.4, 0.5) is 4.39 Å². The van der Waals surface area contributed by atoms with Crippen molar-refractivity contribution in [1.29, 1.82) is 0 Å². The minimum atomic E-state index is -0.746. The normalized spacial score (nSPS) is 21.7. The molecule has 152 valence electrons. The highest BCUT2D eigenvalue weighted by molar-refractivity contribution is 5.70. The summed E-state index contributed by atoms with van der Waals surface area (Å²) in [5.41, 5.74) is 0.426. The van der Waals surface area contributed by atoms with E-state index in [9.17, 15) is 14.3 Å². The largest absolute Gasteiger partial charge is 0.464 e. The number of aliphatic hydroxyl groups is 1. The summed E-state index contributed by atoms with van der Waals surface area (Å²) in [6.45, 7) is 6.81. The van der Waals surface area contributed by atoms with Gasteiger partial charge in [-0.05, 0) is 70.1 Å². The van der Waals surface area contributed by atoms with Crippen LogP contribution in [-0.2, 0) is 14.3 Å². The van der Waals surface area contributed by atoms with Gasteiger partial charge in [-0.1, -0.05) is 12.1 Å². The number of rotatable bonds is 9. The topological polar surface area (TPSA) is 67.8 Å². The minimum Gasteiger partial charge on any atom is -0.464 e. The highest BCUT2D eigenvalue weighted by Gasteiger charge is 2.33. The Morgan fingerprint density at radius 1 is 1.33 bits per heavy atom. The van der Waals surface area contributed by atoms with Crippen LogP contribution < -0.4 is 5.32 Å². The van der Waals surface area contributed by atoms with Gasteiger partial charge in [0.25, 0.3) is 0 Å². The first-order valence-corrected chi connectivity index (χ1v) is 9.77. The molecule has 1 aromatic rings. The van der Waals surface area contributed by atoms with E-state index >= 15 is 0 Å². The first kappa shape index (κ1) is 21.8. The second kappa shape index (κ2) is 10.2. The number of carbonyl (C=O) groups excluding carboxylic acids is 1. The molecule has 1 saturated carbocycles. The van der Waals surface area contributed by atoms with Crippen molar-refractivity contribution in [3.63, 3.8) is 0 Å². The summed E-state index contributed by atoms with van der Waals surface area (Å²) in [7, 11) is 0. The summed E-state index contributed by atoms with van der Waals surface area (Å²) in [5.74, 6) is -0.209. The molecule has 0 unspecified atom stereocenters. The predicted molar refractivity (Wildman–Crippen MR) is 102 cm³/mol. The molecule has 0 spiro atoms. The number of ether oxygens (including phenoxy) is 2. The zero-order valence-corrected chi connectivity index (χ0v) is 16.5. The lowest BCUT2D eigenvalue weighted by atomic mass is 9.75. The van der Waals surface area contributed by atoms with Gasteiger partial charge < -0.3 is 19.9 Å². The number of carbonyl (C=O) groups is 1. The molecule has 0 aliphatic heterocycles. The van der Waals surface area contributed by atoms with Crippen molar-refractivity contribution >= 4 is 5.97 Å². The van der Waals surface area contributed by atoms with Crippen LogP contribution in [0, 0.1) is 11.7 Å². The van der Waals surface area contributed by atoms with Crippen molar-refractivity contribution < 1.29 is 23.8 Å². The van der Waals surface area contributed by atoms with Crippen molar-refractivity contribution in [3.8, 4) is 0 Å². The maximum atomic E-state index is 13.3. The number of aliphatic hydroxyl groups excluding tert-OH is 1. The molecule has 0 saturated heterocycles. The fourth-order valence-corrected chi connectivity index (χ4v) is 3.68. The Hall–Kier alpha value is -1.50. The molecule has 1 aromatic carbocycles. The van der Waals surface area contributed by atoms with Crippen LogP contribution in [-0.4, -0.2) is 42.5 Å². The van der Waals surface area contributed by atoms with Gasteiger partial charge in [0.2, 0.25) is 0 Å². The zero-order valence-electron chi connectivity index (χ0n) is 16.5. The van der Waals surface area contributed by atoms with E-state index in [4.69, 9.17) is 9.47 Å². The lowest BCUT2D eigenvalue weighted by Gasteiger charge is -2.40. The summed E-state index contributed by atoms with van der Waals surface area (Å²) in [6.07, 6.45) is 3.14. The van der Waals surface area contributed by atoms with Crippen LogP contribution in [0.25, 0.3) is 0 Å². The Labute approximate surface area is 161 Å². The fourth-order valence-electron chi connectivity index (χ4n) is 3.68. The fraction of sp³-hybridized carbons (Fsp3) is 0.667. The molecule has 0 heterocycles. The summed E-state index contributed by atoms with van der Waals surface area (Å²) in [6, 6.07) is 6.08. The van der Waals surface area contributed by atoms with Crippen LogP contribution >= 0.6 is 0 Å². The van der Waals surface area contributed by atoms with Crippen LogP contribution in [0.5, 0.6) is 0 Å². The Kier molecular flexibility index (Phi) is 8.20. The Morgan fingerprint density at radius 2 is 2.04 bits per heavy atom. The van der Waals surface area contributed by atoms with E-state index in [1.807, 2.05) is 0 Å². The molecular weight excluding hydrogens is 349 g/mol. The molecule has 5 nitrogen and oxygen atoms in total. The highest BCUT2D eigenvalue weighted by atomic mass is 19.1. The molecular formula is C21H32FNO4. The van der Waals surface area contributed by atoms with Crippen molar-refractivity contribution in [2.45, 2.75) is 64.2 Å². The third-order valence-electron chi connectivity index (χ3n) is 5.42. The van der Waals surface area contributed by atoms with Crippen molar-refractivity contribution in [1.82, 2.24) is 5.32 Å². The molecule has 1 aliphatic rings. The first-order valence-electron chi connectivity index (χ1n) is 9.77. The quantitative estimate of drug-likeness (QED) is 0.642. The van der Waals surface area contributed by atoms with Crippen molar-refractivity contribution in [3.05, 3.63) is 35.6 Å². The molecule has 1 atom stereocenters. The van der Waals surface area contributed by atoms with Crippen LogP contribution in [0.3, 0.4) is 0 Å². The van der Waals surface area contributed by atoms with Gasteiger partial charge in [-0.25, -0.2) is 9.18 Å². The standard InChI is InChI=1S/C21H32FNO4/c1-4-26-20(25)14-27-18-10-8-16(9-11-18)21(2,3)23-13-19(24)15-6-5-7-17(22)12-15/h5-7,12,16,18-19,23-24H,4,8-11,13-14H2,1-3H3/t16?,18?,19-/m0/s1. The SMILES string of the molecule is CCOC(=O)COC1CCC(C(C)(C)NC[C@H](O)c2cccc(F)c2)CC1. The molecule has 1 fully saturated rings. The number of esters is 1. The molecule has 27 heavy (non-hydrogen) atoms. The van der Waals surface area contributed by atoms with Crippen molar-refractivity contribution in [2.75, 3.05) is 19.8 Å². The van der Waals surface area contributed by atoms with Gasteiger partial charge in [0, 0.05) is 12.1 Å².